The first-order valence-corrected chi connectivity index (χ1v) is 9.70. The fourth-order valence-corrected chi connectivity index (χ4v) is 3.69. The van der Waals surface area contributed by atoms with E-state index in [2.05, 4.69) is 55.5 Å². The number of aliphatic imine (C=N–C) groups is 1. The zero-order valence-corrected chi connectivity index (χ0v) is 15.7. The first kappa shape index (κ1) is 17.5. The molecule has 0 aromatic heterocycles. The molecule has 1 atom stereocenters. The minimum absolute atomic E-state index is 0.0628. The molecule has 2 nitrogen and oxygen atoms in total. The van der Waals surface area contributed by atoms with Crippen molar-refractivity contribution in [1.29, 1.82) is 0 Å². The highest BCUT2D eigenvalue weighted by Crippen LogP contribution is 2.29. The van der Waals surface area contributed by atoms with E-state index in [1.54, 1.807) is 0 Å². The van der Waals surface area contributed by atoms with Crippen LogP contribution in [0, 0.1) is 0 Å². The summed E-state index contributed by atoms with van der Waals surface area (Å²) in [6.45, 7) is 2.09. The van der Waals surface area contributed by atoms with Gasteiger partial charge in [-0.15, -0.1) is 0 Å². The van der Waals surface area contributed by atoms with Crippen molar-refractivity contribution in [3.8, 4) is 5.75 Å². The number of phenols is 1. The van der Waals surface area contributed by atoms with Crippen LogP contribution in [0.1, 0.15) is 46.3 Å². The van der Waals surface area contributed by atoms with Gasteiger partial charge in [-0.2, -0.15) is 0 Å². The average Bonchev–Trinajstić information content (AvgIpc) is 2.70. The zero-order chi connectivity index (χ0) is 18.6. The van der Waals surface area contributed by atoms with Gasteiger partial charge in [0.1, 0.15) is 5.75 Å². The van der Waals surface area contributed by atoms with Gasteiger partial charge in [0, 0.05) is 11.8 Å². The lowest BCUT2D eigenvalue weighted by Gasteiger charge is -2.15. The standard InChI is InChI=1S/C25H25NO/c1-18(21-5-3-2-4-6-21)26-17-24-22-13-11-19-7-9-20(10-8-19)12-14-23(16-15-22)25(24)27/h2-10,15-18,27H,11-14H2,1H3. The molecule has 0 spiro atoms. The number of aromatic hydroxyl groups is 1. The van der Waals surface area contributed by atoms with Crippen molar-refractivity contribution in [3.63, 3.8) is 0 Å². The predicted octanol–water partition coefficient (Wildman–Crippen LogP) is 5.46. The second kappa shape index (κ2) is 7.79. The second-order valence-corrected chi connectivity index (χ2v) is 7.33. The third-order valence-electron chi connectivity index (χ3n) is 5.49. The number of nitrogens with zero attached hydrogens (tertiary/aromatic N) is 1. The van der Waals surface area contributed by atoms with Gasteiger partial charge >= 0.3 is 0 Å². The first-order chi connectivity index (χ1) is 13.2. The molecule has 0 saturated carbocycles. The number of benzene rings is 3. The van der Waals surface area contributed by atoms with Crippen molar-refractivity contribution in [1.82, 2.24) is 0 Å². The van der Waals surface area contributed by atoms with Gasteiger partial charge in [-0.25, -0.2) is 0 Å². The smallest absolute Gasteiger partial charge is 0.127 e. The van der Waals surface area contributed by atoms with Crippen molar-refractivity contribution < 1.29 is 5.11 Å². The van der Waals surface area contributed by atoms with Crippen LogP contribution in [0.25, 0.3) is 0 Å². The lowest BCUT2D eigenvalue weighted by atomic mass is 9.92. The molecule has 7 rings (SSSR count). The van der Waals surface area contributed by atoms with Gasteiger partial charge in [-0.1, -0.05) is 66.7 Å². The fourth-order valence-electron chi connectivity index (χ4n) is 3.69. The van der Waals surface area contributed by atoms with E-state index in [0.29, 0.717) is 5.75 Å². The van der Waals surface area contributed by atoms with Crippen LogP contribution in [0.15, 0.2) is 71.7 Å². The molecule has 0 amide bonds. The normalized spacial score (nSPS) is 14.9. The Morgan fingerprint density at radius 1 is 0.778 bits per heavy atom. The number of hydrogen-bond acceptors (Lipinski definition) is 2. The third-order valence-corrected chi connectivity index (χ3v) is 5.49. The first-order valence-electron chi connectivity index (χ1n) is 9.70. The molecular weight excluding hydrogens is 330 g/mol. The highest BCUT2D eigenvalue weighted by molar-refractivity contribution is 5.86. The summed E-state index contributed by atoms with van der Waals surface area (Å²) in [6, 6.07) is 23.5. The van der Waals surface area contributed by atoms with Crippen molar-refractivity contribution in [2.24, 2.45) is 4.99 Å². The topological polar surface area (TPSA) is 32.6 Å². The summed E-state index contributed by atoms with van der Waals surface area (Å²) in [5, 5.41) is 10.9. The highest BCUT2D eigenvalue weighted by Gasteiger charge is 2.13. The number of hydrogen-bond donors (Lipinski definition) is 1. The van der Waals surface area contributed by atoms with Gasteiger partial charge in [0.15, 0.2) is 0 Å². The van der Waals surface area contributed by atoms with Crippen LogP contribution in [0.5, 0.6) is 5.75 Å². The Labute approximate surface area is 161 Å². The van der Waals surface area contributed by atoms with Crippen LogP contribution >= 0.6 is 0 Å². The summed E-state index contributed by atoms with van der Waals surface area (Å²) < 4.78 is 0. The minimum Gasteiger partial charge on any atom is -0.507 e. The molecule has 4 bridgehead atoms. The van der Waals surface area contributed by atoms with Crippen molar-refractivity contribution in [2.45, 2.75) is 38.6 Å². The van der Waals surface area contributed by atoms with Gasteiger partial charge in [0.2, 0.25) is 0 Å². The van der Waals surface area contributed by atoms with Gasteiger partial charge in [-0.05, 0) is 60.4 Å². The van der Waals surface area contributed by atoms with Crippen LogP contribution < -0.4 is 0 Å². The summed E-state index contributed by atoms with van der Waals surface area (Å²) in [7, 11) is 0. The molecule has 0 saturated heterocycles. The molecule has 3 aromatic carbocycles. The molecule has 4 aliphatic rings. The molecule has 0 radical (unpaired) electrons. The van der Waals surface area contributed by atoms with E-state index in [9.17, 15) is 5.11 Å². The molecule has 2 heteroatoms. The Morgan fingerprint density at radius 2 is 1.37 bits per heavy atom. The van der Waals surface area contributed by atoms with Crippen LogP contribution in [-0.4, -0.2) is 11.3 Å². The van der Waals surface area contributed by atoms with Crippen LogP contribution in [0.2, 0.25) is 0 Å². The Hall–Kier alpha value is -2.87. The van der Waals surface area contributed by atoms with E-state index in [1.807, 2.05) is 24.4 Å². The van der Waals surface area contributed by atoms with Gasteiger partial charge in [-0.3, -0.25) is 4.99 Å². The molecule has 136 valence electrons. The van der Waals surface area contributed by atoms with E-state index in [1.165, 1.54) is 16.7 Å². The molecule has 0 aliphatic heterocycles. The van der Waals surface area contributed by atoms with Crippen LogP contribution in [0.4, 0.5) is 0 Å². The molecule has 3 aromatic rings. The van der Waals surface area contributed by atoms with Crippen molar-refractivity contribution in [2.75, 3.05) is 0 Å². The largest absolute Gasteiger partial charge is 0.507 e. The number of rotatable bonds is 3. The number of aryl methyl sites for hydroxylation is 4. The SMILES string of the molecule is CC(N=Cc1c2ccc(c1O)CCc1ccc(cc1)CC2)c1ccccc1. The van der Waals surface area contributed by atoms with Gasteiger partial charge in [0.05, 0.1) is 6.04 Å². The van der Waals surface area contributed by atoms with Crippen LogP contribution in [-0.2, 0) is 25.7 Å². The Balaban J connectivity index is 1.67. The Kier molecular flexibility index (Phi) is 5.06. The maximum atomic E-state index is 10.9. The van der Waals surface area contributed by atoms with E-state index >= 15 is 0 Å². The maximum Gasteiger partial charge on any atom is 0.127 e. The summed E-state index contributed by atoms with van der Waals surface area (Å²) in [5.74, 6) is 0.395. The van der Waals surface area contributed by atoms with E-state index in [-0.39, 0.29) is 6.04 Å². The lowest BCUT2D eigenvalue weighted by Crippen LogP contribution is -2.03. The molecule has 4 aliphatic carbocycles. The van der Waals surface area contributed by atoms with Crippen molar-refractivity contribution >= 4 is 6.21 Å². The molecule has 0 heterocycles. The fraction of sp³-hybridized carbons (Fsp3) is 0.240. The molecule has 1 unspecified atom stereocenters. The molecular formula is C25H25NO. The summed E-state index contributed by atoms with van der Waals surface area (Å²) >= 11 is 0. The van der Waals surface area contributed by atoms with E-state index in [4.69, 9.17) is 4.99 Å². The minimum atomic E-state index is 0.0628. The molecule has 27 heavy (non-hydrogen) atoms. The second-order valence-electron chi connectivity index (χ2n) is 7.33. The van der Waals surface area contributed by atoms with Gasteiger partial charge < -0.3 is 5.11 Å². The Morgan fingerprint density at radius 3 is 2.04 bits per heavy atom. The van der Waals surface area contributed by atoms with Crippen molar-refractivity contribution in [3.05, 3.63) is 100 Å². The predicted molar refractivity (Wildman–Crippen MR) is 112 cm³/mol. The summed E-state index contributed by atoms with van der Waals surface area (Å²) in [6.07, 6.45) is 5.51. The van der Waals surface area contributed by atoms with Gasteiger partial charge in [0.25, 0.3) is 0 Å². The van der Waals surface area contributed by atoms with E-state index in [0.717, 1.165) is 42.4 Å². The summed E-state index contributed by atoms with van der Waals surface area (Å²) in [5.41, 5.74) is 6.87. The Bertz CT molecular complexity index is 942. The quantitative estimate of drug-likeness (QED) is 0.622. The molecule has 0 fully saturated rings. The maximum absolute atomic E-state index is 10.9. The molecule has 1 N–H and O–H groups in total. The average molecular weight is 355 g/mol. The zero-order valence-electron chi connectivity index (χ0n) is 15.7. The third kappa shape index (κ3) is 3.95. The monoisotopic (exact) mass is 355 g/mol. The lowest BCUT2D eigenvalue weighted by molar-refractivity contribution is 0.466. The van der Waals surface area contributed by atoms with Crippen LogP contribution in [0.3, 0.4) is 0 Å². The van der Waals surface area contributed by atoms with E-state index < -0.39 is 0 Å². The highest BCUT2D eigenvalue weighted by atomic mass is 16.3. The summed E-state index contributed by atoms with van der Waals surface area (Å²) in [4.78, 5) is 4.75. The number of phenolic OH excluding ortho intramolecular Hbond substituents is 1.